The lowest BCUT2D eigenvalue weighted by Crippen LogP contribution is -2.30. The van der Waals surface area contributed by atoms with Gasteiger partial charge in [0.15, 0.2) is 0 Å². The maximum absolute atomic E-state index is 12.7. The molecule has 0 aliphatic carbocycles. The highest BCUT2D eigenvalue weighted by Gasteiger charge is 2.27. The normalized spacial score (nSPS) is 16.4. The number of rotatable bonds is 8. The van der Waals surface area contributed by atoms with Gasteiger partial charge in [0.05, 0.1) is 17.9 Å². The zero-order chi connectivity index (χ0) is 17.4. The molecular weight excluding hydrogens is 362 g/mol. The van der Waals surface area contributed by atoms with Crippen LogP contribution in [0.4, 0.5) is 0 Å². The van der Waals surface area contributed by atoms with Crippen molar-refractivity contribution < 1.29 is 14.3 Å². The predicted molar refractivity (Wildman–Crippen MR) is 102 cm³/mol. The van der Waals surface area contributed by atoms with E-state index in [0.717, 1.165) is 17.9 Å². The van der Waals surface area contributed by atoms with E-state index in [9.17, 15) is 9.59 Å². The first kappa shape index (κ1) is 21.8. The SMILES string of the molecule is COCCNC(=O)CSc1ccccc1C(=O)N1CCC(CN)C1.Cl. The second-order valence-corrected chi connectivity index (χ2v) is 6.79. The van der Waals surface area contributed by atoms with Gasteiger partial charge in [0.2, 0.25) is 5.91 Å². The fraction of sp³-hybridized carbons (Fsp3) is 0.529. The standard InChI is InChI=1S/C17H25N3O3S.ClH/c1-23-9-7-19-16(21)12-24-15-5-3-2-4-14(15)17(22)20-8-6-13(10-18)11-20;/h2-5,13H,6-12,18H2,1H3,(H,19,21);1H. The van der Waals surface area contributed by atoms with E-state index in [4.69, 9.17) is 10.5 Å². The molecule has 2 rings (SSSR count). The molecule has 0 spiro atoms. The van der Waals surface area contributed by atoms with Crippen molar-refractivity contribution in [2.24, 2.45) is 11.7 Å². The lowest BCUT2D eigenvalue weighted by atomic mass is 10.1. The van der Waals surface area contributed by atoms with Crippen LogP contribution < -0.4 is 11.1 Å². The molecule has 1 aliphatic heterocycles. The van der Waals surface area contributed by atoms with Crippen LogP contribution in [0, 0.1) is 5.92 Å². The first-order chi connectivity index (χ1) is 11.7. The third kappa shape index (κ3) is 6.51. The van der Waals surface area contributed by atoms with Gasteiger partial charge in [-0.05, 0) is 31.0 Å². The number of thioether (sulfide) groups is 1. The van der Waals surface area contributed by atoms with E-state index >= 15 is 0 Å². The van der Waals surface area contributed by atoms with Gasteiger partial charge in [-0.2, -0.15) is 0 Å². The first-order valence-electron chi connectivity index (χ1n) is 8.12. The van der Waals surface area contributed by atoms with Crippen molar-refractivity contribution in [2.45, 2.75) is 11.3 Å². The van der Waals surface area contributed by atoms with Crippen LogP contribution in [-0.2, 0) is 9.53 Å². The summed E-state index contributed by atoms with van der Waals surface area (Å²) in [4.78, 5) is 27.2. The Bertz CT molecular complexity index is 574. The van der Waals surface area contributed by atoms with E-state index in [1.54, 1.807) is 7.11 Å². The third-order valence-corrected chi connectivity index (χ3v) is 5.08. The molecule has 0 aromatic heterocycles. The number of nitrogens with zero attached hydrogens (tertiary/aromatic N) is 1. The molecule has 1 heterocycles. The first-order valence-corrected chi connectivity index (χ1v) is 9.11. The number of amides is 2. The van der Waals surface area contributed by atoms with Gasteiger partial charge in [-0.25, -0.2) is 0 Å². The summed E-state index contributed by atoms with van der Waals surface area (Å²) in [6.45, 7) is 3.05. The van der Waals surface area contributed by atoms with Crippen molar-refractivity contribution in [3.63, 3.8) is 0 Å². The molecule has 140 valence electrons. The zero-order valence-electron chi connectivity index (χ0n) is 14.4. The van der Waals surface area contributed by atoms with Crippen LogP contribution in [0.15, 0.2) is 29.2 Å². The van der Waals surface area contributed by atoms with Gasteiger partial charge in [0.25, 0.3) is 5.91 Å². The van der Waals surface area contributed by atoms with Crippen molar-refractivity contribution in [1.29, 1.82) is 0 Å². The molecule has 3 N–H and O–H groups in total. The Hall–Kier alpha value is -1.28. The lowest BCUT2D eigenvalue weighted by Gasteiger charge is -2.18. The molecule has 25 heavy (non-hydrogen) atoms. The zero-order valence-corrected chi connectivity index (χ0v) is 16.0. The van der Waals surface area contributed by atoms with Gasteiger partial charge < -0.3 is 20.7 Å². The Kier molecular flexibility index (Phi) is 9.89. The second kappa shape index (κ2) is 11.4. The summed E-state index contributed by atoms with van der Waals surface area (Å²) in [5.41, 5.74) is 6.36. The topological polar surface area (TPSA) is 84.7 Å². The monoisotopic (exact) mass is 387 g/mol. The van der Waals surface area contributed by atoms with E-state index in [1.165, 1.54) is 11.8 Å². The molecule has 1 saturated heterocycles. The Morgan fingerprint density at radius 3 is 2.84 bits per heavy atom. The Balaban J connectivity index is 0.00000312. The number of carbonyl (C=O) groups is 2. The Labute approximate surface area is 159 Å². The molecule has 0 bridgehead atoms. The van der Waals surface area contributed by atoms with Crippen LogP contribution in [0.25, 0.3) is 0 Å². The molecule has 1 aromatic rings. The fourth-order valence-electron chi connectivity index (χ4n) is 2.64. The van der Waals surface area contributed by atoms with Crippen molar-refractivity contribution in [3.8, 4) is 0 Å². The Morgan fingerprint density at radius 2 is 2.16 bits per heavy atom. The van der Waals surface area contributed by atoms with Crippen molar-refractivity contribution in [1.82, 2.24) is 10.2 Å². The number of nitrogens with two attached hydrogens (primary N) is 1. The summed E-state index contributed by atoms with van der Waals surface area (Å²) in [5, 5.41) is 2.78. The van der Waals surface area contributed by atoms with Gasteiger partial charge in [-0.3, -0.25) is 9.59 Å². The fourth-order valence-corrected chi connectivity index (χ4v) is 3.51. The number of benzene rings is 1. The van der Waals surface area contributed by atoms with E-state index in [0.29, 0.717) is 37.7 Å². The number of halogens is 1. The second-order valence-electron chi connectivity index (χ2n) is 5.77. The summed E-state index contributed by atoms with van der Waals surface area (Å²) < 4.78 is 4.90. The molecule has 6 nitrogen and oxygen atoms in total. The number of methoxy groups -OCH3 is 1. The highest BCUT2D eigenvalue weighted by atomic mass is 35.5. The highest BCUT2D eigenvalue weighted by Crippen LogP contribution is 2.26. The van der Waals surface area contributed by atoms with Crippen LogP contribution in [0.1, 0.15) is 16.8 Å². The van der Waals surface area contributed by atoms with E-state index in [2.05, 4.69) is 5.32 Å². The van der Waals surface area contributed by atoms with Gasteiger partial charge in [-0.15, -0.1) is 24.2 Å². The highest BCUT2D eigenvalue weighted by molar-refractivity contribution is 8.00. The van der Waals surface area contributed by atoms with Gasteiger partial charge >= 0.3 is 0 Å². The summed E-state index contributed by atoms with van der Waals surface area (Å²) in [5.74, 6) is 0.622. The number of hydrogen-bond donors (Lipinski definition) is 2. The third-order valence-electron chi connectivity index (χ3n) is 4.01. The molecule has 0 radical (unpaired) electrons. The minimum absolute atomic E-state index is 0. The summed E-state index contributed by atoms with van der Waals surface area (Å²) in [7, 11) is 1.59. The van der Waals surface area contributed by atoms with E-state index < -0.39 is 0 Å². The van der Waals surface area contributed by atoms with Crippen molar-refractivity contribution in [2.75, 3.05) is 45.6 Å². The van der Waals surface area contributed by atoms with Crippen LogP contribution in [-0.4, -0.2) is 62.4 Å². The summed E-state index contributed by atoms with van der Waals surface area (Å²) >= 11 is 1.38. The van der Waals surface area contributed by atoms with Crippen molar-refractivity contribution in [3.05, 3.63) is 29.8 Å². The lowest BCUT2D eigenvalue weighted by molar-refractivity contribution is -0.118. The molecule has 1 aliphatic rings. The largest absolute Gasteiger partial charge is 0.383 e. The Morgan fingerprint density at radius 1 is 1.40 bits per heavy atom. The van der Waals surface area contributed by atoms with Crippen LogP contribution in [0.2, 0.25) is 0 Å². The number of nitrogens with one attached hydrogen (secondary N) is 1. The molecule has 8 heteroatoms. The molecular formula is C17H26ClN3O3S. The van der Waals surface area contributed by atoms with E-state index in [-0.39, 0.29) is 30.0 Å². The van der Waals surface area contributed by atoms with Crippen LogP contribution in [0.3, 0.4) is 0 Å². The number of carbonyl (C=O) groups excluding carboxylic acids is 2. The number of hydrogen-bond acceptors (Lipinski definition) is 5. The van der Waals surface area contributed by atoms with Gasteiger partial charge in [0, 0.05) is 31.6 Å². The predicted octanol–water partition coefficient (Wildman–Crippen LogP) is 1.38. The number of ether oxygens (including phenoxy) is 1. The maximum atomic E-state index is 12.7. The molecule has 0 saturated carbocycles. The van der Waals surface area contributed by atoms with Gasteiger partial charge in [-0.1, -0.05) is 12.1 Å². The average molecular weight is 388 g/mol. The molecule has 1 aromatic carbocycles. The maximum Gasteiger partial charge on any atom is 0.254 e. The summed E-state index contributed by atoms with van der Waals surface area (Å²) in [6, 6.07) is 7.45. The minimum atomic E-state index is -0.0660. The quantitative estimate of drug-likeness (QED) is 0.520. The smallest absolute Gasteiger partial charge is 0.254 e. The summed E-state index contributed by atoms with van der Waals surface area (Å²) in [6.07, 6.45) is 0.958. The molecule has 2 amide bonds. The van der Waals surface area contributed by atoms with Crippen molar-refractivity contribution >= 4 is 36.0 Å². The molecule has 1 atom stereocenters. The van der Waals surface area contributed by atoms with E-state index in [1.807, 2.05) is 29.2 Å². The molecule has 1 unspecified atom stereocenters. The molecule has 1 fully saturated rings. The van der Waals surface area contributed by atoms with Crippen LogP contribution >= 0.6 is 24.2 Å². The van der Waals surface area contributed by atoms with Gasteiger partial charge in [0.1, 0.15) is 0 Å². The number of likely N-dealkylation sites (tertiary alicyclic amines) is 1. The average Bonchev–Trinajstić information content (AvgIpc) is 3.09. The minimum Gasteiger partial charge on any atom is -0.383 e. The van der Waals surface area contributed by atoms with Crippen LogP contribution in [0.5, 0.6) is 0 Å².